The van der Waals surface area contributed by atoms with E-state index >= 15 is 0 Å². The summed E-state index contributed by atoms with van der Waals surface area (Å²) in [7, 11) is 0. The van der Waals surface area contributed by atoms with Crippen LogP contribution in [0.3, 0.4) is 0 Å². The molecule has 1 fully saturated rings. The van der Waals surface area contributed by atoms with E-state index in [1.165, 1.54) is 0 Å². The average Bonchev–Trinajstić information content (AvgIpc) is 2.47. The summed E-state index contributed by atoms with van der Waals surface area (Å²) < 4.78 is 5.25. The maximum atomic E-state index is 12.2. The molecule has 1 atom stereocenters. The van der Waals surface area contributed by atoms with Crippen molar-refractivity contribution in [2.24, 2.45) is 0 Å². The number of carbonyl (C=O) groups excluding carboxylic acids is 1. The van der Waals surface area contributed by atoms with E-state index in [0.717, 1.165) is 18.7 Å². The van der Waals surface area contributed by atoms with Crippen molar-refractivity contribution in [1.82, 2.24) is 10.2 Å². The van der Waals surface area contributed by atoms with Crippen molar-refractivity contribution in [2.75, 3.05) is 32.8 Å². The molecule has 0 radical (unpaired) electrons. The Kier molecular flexibility index (Phi) is 7.75. The summed E-state index contributed by atoms with van der Waals surface area (Å²) in [6.45, 7) is 6.24. The van der Waals surface area contributed by atoms with Gasteiger partial charge in [0.1, 0.15) is 6.61 Å². The zero-order valence-electron chi connectivity index (χ0n) is 11.8. The normalized spacial score (nSPS) is 18.0. The zero-order chi connectivity index (χ0) is 14.4. The van der Waals surface area contributed by atoms with Gasteiger partial charge in [0.25, 0.3) is 0 Å². The third-order valence-electron chi connectivity index (χ3n) is 3.26. The second kappa shape index (κ2) is 9.05. The van der Waals surface area contributed by atoms with Crippen molar-refractivity contribution >= 4 is 29.9 Å². The second-order valence-electron chi connectivity index (χ2n) is 4.67. The number of carbonyl (C=O) groups is 1. The lowest BCUT2D eigenvalue weighted by molar-refractivity contribution is -0.139. The minimum absolute atomic E-state index is 0. The Labute approximate surface area is 136 Å². The predicted molar refractivity (Wildman–Crippen MR) is 87.0 cm³/mol. The quantitative estimate of drug-likeness (QED) is 0.666. The summed E-state index contributed by atoms with van der Waals surface area (Å²) in [5.74, 6) is -0.00155. The first-order valence-electron chi connectivity index (χ1n) is 6.66. The van der Waals surface area contributed by atoms with E-state index in [2.05, 4.69) is 11.9 Å². The minimum atomic E-state index is -0.00155. The third-order valence-corrected chi connectivity index (χ3v) is 3.49. The molecule has 4 nitrogen and oxygen atoms in total. The maximum Gasteiger partial charge on any atom is 0.249 e. The van der Waals surface area contributed by atoms with Gasteiger partial charge < -0.3 is 15.0 Å². The first-order chi connectivity index (χ1) is 9.72. The predicted octanol–water partition coefficient (Wildman–Crippen LogP) is 2.44. The topological polar surface area (TPSA) is 41.6 Å². The van der Waals surface area contributed by atoms with Gasteiger partial charge in [-0.05, 0) is 17.7 Å². The van der Waals surface area contributed by atoms with E-state index in [4.69, 9.17) is 16.3 Å². The highest BCUT2D eigenvalue weighted by Gasteiger charge is 2.27. The van der Waals surface area contributed by atoms with Crippen LogP contribution < -0.4 is 5.32 Å². The molecule has 1 amide bonds. The van der Waals surface area contributed by atoms with Gasteiger partial charge in [-0.25, -0.2) is 0 Å². The van der Waals surface area contributed by atoms with Crippen LogP contribution in [0.4, 0.5) is 0 Å². The van der Waals surface area contributed by atoms with E-state index in [-0.39, 0.29) is 31.0 Å². The molecule has 0 aromatic heterocycles. The molecule has 0 bridgehead atoms. The summed E-state index contributed by atoms with van der Waals surface area (Å²) in [5.41, 5.74) is 1.04. The lowest BCUT2D eigenvalue weighted by atomic mass is 10.0. The Bertz CT molecular complexity index is 482. The van der Waals surface area contributed by atoms with Gasteiger partial charge in [-0.1, -0.05) is 29.8 Å². The van der Waals surface area contributed by atoms with Gasteiger partial charge in [0.2, 0.25) is 5.91 Å². The standard InChI is InChI=1S/C15H19ClN2O2.ClH/c1-2-8-20-11-15(19)18-7-6-17-10-14(18)12-4-3-5-13(16)9-12;/h2-5,9,14,17H,1,6-8,10-11H2;1H. The van der Waals surface area contributed by atoms with Crippen molar-refractivity contribution < 1.29 is 9.53 Å². The molecule has 0 spiro atoms. The lowest BCUT2D eigenvalue weighted by Crippen LogP contribution is -2.49. The molecule has 1 aromatic carbocycles. The molecular weight excluding hydrogens is 311 g/mol. The molecule has 1 aliphatic heterocycles. The van der Waals surface area contributed by atoms with Crippen LogP contribution in [-0.2, 0) is 9.53 Å². The fourth-order valence-electron chi connectivity index (χ4n) is 2.33. The molecule has 2 rings (SSSR count). The summed E-state index contributed by atoms with van der Waals surface area (Å²) >= 11 is 6.03. The number of benzene rings is 1. The number of rotatable bonds is 5. The zero-order valence-corrected chi connectivity index (χ0v) is 13.3. The number of hydrogen-bond donors (Lipinski definition) is 1. The number of nitrogens with one attached hydrogen (secondary N) is 1. The van der Waals surface area contributed by atoms with E-state index in [1.807, 2.05) is 29.2 Å². The fourth-order valence-corrected chi connectivity index (χ4v) is 2.53. The Morgan fingerprint density at radius 2 is 2.38 bits per heavy atom. The minimum Gasteiger partial charge on any atom is -0.368 e. The molecule has 21 heavy (non-hydrogen) atoms. The Morgan fingerprint density at radius 1 is 1.57 bits per heavy atom. The van der Waals surface area contributed by atoms with Gasteiger partial charge in [0.15, 0.2) is 0 Å². The van der Waals surface area contributed by atoms with Crippen LogP contribution in [-0.4, -0.2) is 43.7 Å². The highest BCUT2D eigenvalue weighted by atomic mass is 35.5. The van der Waals surface area contributed by atoms with Crippen molar-refractivity contribution in [1.29, 1.82) is 0 Å². The number of halogens is 2. The van der Waals surface area contributed by atoms with Crippen molar-refractivity contribution in [3.05, 3.63) is 47.5 Å². The number of amides is 1. The summed E-state index contributed by atoms with van der Waals surface area (Å²) in [4.78, 5) is 14.1. The number of ether oxygens (including phenoxy) is 1. The first-order valence-corrected chi connectivity index (χ1v) is 7.04. The highest BCUT2D eigenvalue weighted by molar-refractivity contribution is 6.30. The van der Waals surface area contributed by atoms with E-state index in [9.17, 15) is 4.79 Å². The molecule has 1 N–H and O–H groups in total. The van der Waals surface area contributed by atoms with Crippen molar-refractivity contribution in [3.8, 4) is 0 Å². The van der Waals surface area contributed by atoms with Crippen molar-refractivity contribution in [3.63, 3.8) is 0 Å². The molecule has 1 heterocycles. The number of hydrogen-bond acceptors (Lipinski definition) is 3. The Morgan fingerprint density at radius 3 is 3.10 bits per heavy atom. The fraction of sp³-hybridized carbons (Fsp3) is 0.400. The van der Waals surface area contributed by atoms with Gasteiger partial charge in [-0.3, -0.25) is 4.79 Å². The monoisotopic (exact) mass is 330 g/mol. The van der Waals surface area contributed by atoms with E-state index in [0.29, 0.717) is 18.2 Å². The number of piperazine rings is 1. The molecule has 0 saturated carbocycles. The molecule has 1 unspecified atom stereocenters. The molecule has 1 saturated heterocycles. The SMILES string of the molecule is C=CCOCC(=O)N1CCNCC1c1cccc(Cl)c1.Cl. The summed E-state index contributed by atoms with van der Waals surface area (Å²) in [6.07, 6.45) is 1.64. The van der Waals surface area contributed by atoms with E-state index in [1.54, 1.807) is 6.08 Å². The molecule has 0 aliphatic carbocycles. The van der Waals surface area contributed by atoms with Crippen LogP contribution in [0.1, 0.15) is 11.6 Å². The van der Waals surface area contributed by atoms with Crippen molar-refractivity contribution in [2.45, 2.75) is 6.04 Å². The molecule has 6 heteroatoms. The molecule has 116 valence electrons. The second-order valence-corrected chi connectivity index (χ2v) is 5.10. The van der Waals surface area contributed by atoms with Gasteiger partial charge in [0.05, 0.1) is 12.6 Å². The molecular formula is C15H20Cl2N2O2. The highest BCUT2D eigenvalue weighted by Crippen LogP contribution is 2.24. The summed E-state index contributed by atoms with van der Waals surface area (Å²) in [5, 5.41) is 3.99. The smallest absolute Gasteiger partial charge is 0.249 e. The largest absolute Gasteiger partial charge is 0.368 e. The van der Waals surface area contributed by atoms with Crippen LogP contribution in [0.25, 0.3) is 0 Å². The Hall–Kier alpha value is -1.07. The van der Waals surface area contributed by atoms with Gasteiger partial charge in [-0.2, -0.15) is 0 Å². The van der Waals surface area contributed by atoms with E-state index < -0.39 is 0 Å². The lowest BCUT2D eigenvalue weighted by Gasteiger charge is -2.36. The molecule has 1 aliphatic rings. The summed E-state index contributed by atoms with van der Waals surface area (Å²) in [6, 6.07) is 7.64. The average molecular weight is 331 g/mol. The van der Waals surface area contributed by atoms with Crippen LogP contribution in [0.2, 0.25) is 5.02 Å². The Balaban J connectivity index is 0.00000220. The van der Waals surface area contributed by atoms with Gasteiger partial charge >= 0.3 is 0 Å². The van der Waals surface area contributed by atoms with Gasteiger partial charge in [-0.15, -0.1) is 19.0 Å². The first kappa shape index (κ1) is 18.0. The molecule has 1 aromatic rings. The van der Waals surface area contributed by atoms with Crippen LogP contribution in [0.5, 0.6) is 0 Å². The third kappa shape index (κ3) is 5.00. The number of nitrogens with zero attached hydrogens (tertiary/aromatic N) is 1. The maximum absolute atomic E-state index is 12.2. The van der Waals surface area contributed by atoms with Crippen LogP contribution >= 0.6 is 24.0 Å². The van der Waals surface area contributed by atoms with Crippen LogP contribution in [0, 0.1) is 0 Å². The van der Waals surface area contributed by atoms with Gasteiger partial charge in [0, 0.05) is 24.7 Å². The van der Waals surface area contributed by atoms with Crippen LogP contribution in [0.15, 0.2) is 36.9 Å².